The van der Waals surface area contributed by atoms with Crippen LogP contribution in [0.4, 0.5) is 0 Å². The molecular formula is C12H15N3O3. The van der Waals surface area contributed by atoms with Crippen molar-refractivity contribution in [2.24, 2.45) is 10.3 Å². The maximum absolute atomic E-state index is 12.4. The Morgan fingerprint density at radius 3 is 2.28 bits per heavy atom. The molecule has 0 amide bonds. The normalized spacial score (nSPS) is 31.1. The van der Waals surface area contributed by atoms with Crippen LogP contribution in [0, 0.1) is 5.21 Å². The molecule has 6 nitrogen and oxygen atoms in total. The first-order valence-electron chi connectivity index (χ1n) is 5.58. The lowest BCUT2D eigenvalue weighted by molar-refractivity contribution is -0.902. The van der Waals surface area contributed by atoms with Crippen LogP contribution in [0.15, 0.2) is 40.6 Å². The van der Waals surface area contributed by atoms with E-state index in [9.17, 15) is 5.21 Å². The molecule has 6 heteroatoms. The Kier molecular flexibility index (Phi) is 3.06. The topological polar surface area (TPSA) is 92.7 Å². The second-order valence-electron chi connectivity index (χ2n) is 4.77. The summed E-state index contributed by atoms with van der Waals surface area (Å²) in [6.45, 7) is 3.30. The van der Waals surface area contributed by atoms with Gasteiger partial charge in [0.15, 0.2) is 17.5 Å². The van der Waals surface area contributed by atoms with Gasteiger partial charge < -0.3 is 20.7 Å². The fourth-order valence-electron chi connectivity index (χ4n) is 2.29. The second-order valence-corrected chi connectivity index (χ2v) is 4.77. The summed E-state index contributed by atoms with van der Waals surface area (Å²) >= 11 is 0. The van der Waals surface area contributed by atoms with Crippen molar-refractivity contribution in [3.8, 4) is 0 Å². The van der Waals surface area contributed by atoms with E-state index in [1.807, 2.05) is 6.07 Å². The average Bonchev–Trinajstić information content (AvgIpc) is 2.57. The standard InChI is InChI=1S/C12H15N3O3/c1-12(2)11(14-17)9(13-16)10(15(12)18)8-6-4-3-5-7-8/h3-7,10,15-17H,1-2H3. The Morgan fingerprint density at radius 1 is 1.17 bits per heavy atom. The molecular weight excluding hydrogens is 234 g/mol. The van der Waals surface area contributed by atoms with Crippen molar-refractivity contribution in [2.45, 2.75) is 25.4 Å². The van der Waals surface area contributed by atoms with Crippen LogP contribution in [0.1, 0.15) is 25.5 Å². The van der Waals surface area contributed by atoms with E-state index < -0.39 is 11.6 Å². The van der Waals surface area contributed by atoms with Gasteiger partial charge in [-0.2, -0.15) is 0 Å². The Morgan fingerprint density at radius 2 is 1.78 bits per heavy atom. The van der Waals surface area contributed by atoms with Crippen LogP contribution in [-0.2, 0) is 0 Å². The van der Waals surface area contributed by atoms with E-state index in [4.69, 9.17) is 10.4 Å². The molecule has 3 N–H and O–H groups in total. The Labute approximate surface area is 104 Å². The lowest BCUT2D eigenvalue weighted by Crippen LogP contribution is -3.13. The maximum atomic E-state index is 12.4. The summed E-state index contributed by atoms with van der Waals surface area (Å²) in [6.07, 6.45) is 0. The Balaban J connectivity index is 2.55. The van der Waals surface area contributed by atoms with Crippen LogP contribution in [0.5, 0.6) is 0 Å². The zero-order valence-corrected chi connectivity index (χ0v) is 10.2. The molecule has 0 spiro atoms. The van der Waals surface area contributed by atoms with Crippen molar-refractivity contribution >= 4 is 11.4 Å². The molecule has 1 saturated heterocycles. The lowest BCUT2D eigenvalue weighted by atomic mass is 9.98. The zero-order valence-electron chi connectivity index (χ0n) is 10.2. The smallest absolute Gasteiger partial charge is 0.173 e. The van der Waals surface area contributed by atoms with Gasteiger partial charge in [0.25, 0.3) is 0 Å². The van der Waals surface area contributed by atoms with Crippen LogP contribution in [0.3, 0.4) is 0 Å². The predicted molar refractivity (Wildman–Crippen MR) is 66.0 cm³/mol. The van der Waals surface area contributed by atoms with E-state index in [2.05, 4.69) is 10.3 Å². The SMILES string of the molecule is CC1(C)C(=NO)C(=NO)C(c2ccccc2)[NH+]1[O-]. The number of nitrogens with one attached hydrogen (secondary N) is 1. The zero-order chi connectivity index (χ0) is 13.3. The molecule has 1 fully saturated rings. The third-order valence-electron chi connectivity index (χ3n) is 3.33. The largest absolute Gasteiger partial charge is 0.633 e. The molecule has 2 atom stereocenters. The van der Waals surface area contributed by atoms with Gasteiger partial charge in [-0.15, -0.1) is 0 Å². The first-order chi connectivity index (χ1) is 8.54. The maximum Gasteiger partial charge on any atom is 0.173 e. The molecule has 0 radical (unpaired) electrons. The highest BCUT2D eigenvalue weighted by Gasteiger charge is 2.52. The molecule has 0 saturated carbocycles. The van der Waals surface area contributed by atoms with Crippen LogP contribution >= 0.6 is 0 Å². The molecule has 1 heterocycles. The molecule has 18 heavy (non-hydrogen) atoms. The van der Waals surface area contributed by atoms with Crippen LogP contribution < -0.4 is 5.06 Å². The van der Waals surface area contributed by atoms with Crippen molar-refractivity contribution < 1.29 is 15.5 Å². The monoisotopic (exact) mass is 249 g/mol. The summed E-state index contributed by atoms with van der Waals surface area (Å²) in [4.78, 5) is 0. The molecule has 0 bridgehead atoms. The highest BCUT2D eigenvalue weighted by molar-refractivity contribution is 6.47. The van der Waals surface area contributed by atoms with Gasteiger partial charge in [-0.25, -0.2) is 0 Å². The van der Waals surface area contributed by atoms with Crippen molar-refractivity contribution in [1.82, 2.24) is 0 Å². The van der Waals surface area contributed by atoms with Gasteiger partial charge in [-0.1, -0.05) is 40.6 Å². The van der Waals surface area contributed by atoms with Gasteiger partial charge in [0, 0.05) is 5.56 Å². The van der Waals surface area contributed by atoms with E-state index in [1.54, 1.807) is 38.1 Å². The number of quaternary nitrogens is 1. The molecule has 96 valence electrons. The van der Waals surface area contributed by atoms with Gasteiger partial charge in [-0.05, 0) is 13.8 Å². The number of hydrogen-bond acceptors (Lipinski definition) is 5. The Hall–Kier alpha value is -1.92. The van der Waals surface area contributed by atoms with Gasteiger partial charge in [0.2, 0.25) is 0 Å². The number of hydroxylamine groups is 2. The first-order valence-corrected chi connectivity index (χ1v) is 5.58. The molecule has 1 aliphatic rings. The van der Waals surface area contributed by atoms with Crippen molar-refractivity contribution in [3.05, 3.63) is 41.1 Å². The highest BCUT2D eigenvalue weighted by Crippen LogP contribution is 2.23. The number of benzene rings is 1. The highest BCUT2D eigenvalue weighted by atomic mass is 16.5. The minimum Gasteiger partial charge on any atom is -0.633 e. The van der Waals surface area contributed by atoms with Crippen molar-refractivity contribution in [1.29, 1.82) is 0 Å². The summed E-state index contributed by atoms with van der Waals surface area (Å²) < 4.78 is 0. The van der Waals surface area contributed by atoms with Gasteiger partial charge >= 0.3 is 0 Å². The third kappa shape index (κ3) is 1.66. The van der Waals surface area contributed by atoms with E-state index >= 15 is 0 Å². The molecule has 1 aromatic rings. The van der Waals surface area contributed by atoms with Gasteiger partial charge in [0.1, 0.15) is 5.54 Å². The average molecular weight is 249 g/mol. The van der Waals surface area contributed by atoms with E-state index in [0.29, 0.717) is 0 Å². The van der Waals surface area contributed by atoms with Crippen LogP contribution in [0.25, 0.3) is 0 Å². The summed E-state index contributed by atoms with van der Waals surface area (Å²) in [7, 11) is 0. The molecule has 2 rings (SSSR count). The fourth-order valence-corrected chi connectivity index (χ4v) is 2.29. The molecule has 1 aromatic carbocycles. The molecule has 0 aliphatic carbocycles. The third-order valence-corrected chi connectivity index (χ3v) is 3.33. The van der Waals surface area contributed by atoms with Gasteiger partial charge in [-0.3, -0.25) is 0 Å². The van der Waals surface area contributed by atoms with E-state index in [0.717, 1.165) is 5.56 Å². The number of nitrogens with zero attached hydrogens (tertiary/aromatic N) is 2. The second kappa shape index (κ2) is 4.40. The first kappa shape index (κ1) is 12.5. The number of hydrogen-bond donors (Lipinski definition) is 3. The van der Waals surface area contributed by atoms with Crippen molar-refractivity contribution in [2.75, 3.05) is 0 Å². The van der Waals surface area contributed by atoms with E-state index in [-0.39, 0.29) is 16.5 Å². The fraction of sp³-hybridized carbons (Fsp3) is 0.333. The van der Waals surface area contributed by atoms with Crippen LogP contribution in [-0.4, -0.2) is 27.4 Å². The molecule has 1 aliphatic heterocycles. The minimum atomic E-state index is -0.961. The Bertz CT molecular complexity index is 497. The summed E-state index contributed by atoms with van der Waals surface area (Å²) in [5, 5.41) is 36.6. The quantitative estimate of drug-likeness (QED) is 0.386. The van der Waals surface area contributed by atoms with E-state index in [1.165, 1.54) is 0 Å². The van der Waals surface area contributed by atoms with Crippen molar-refractivity contribution in [3.63, 3.8) is 0 Å². The predicted octanol–water partition coefficient (Wildman–Crippen LogP) is 0.563. The number of oxime groups is 2. The van der Waals surface area contributed by atoms with Crippen LogP contribution in [0.2, 0.25) is 0 Å². The van der Waals surface area contributed by atoms with Gasteiger partial charge in [0.05, 0.1) is 0 Å². The molecule has 2 unspecified atom stereocenters. The number of rotatable bonds is 1. The summed E-state index contributed by atoms with van der Waals surface area (Å²) in [5.74, 6) is 0. The summed E-state index contributed by atoms with van der Waals surface area (Å²) in [5.41, 5.74) is -0.0128. The summed E-state index contributed by atoms with van der Waals surface area (Å²) in [6, 6.07) is 8.33. The molecule has 0 aromatic heterocycles. The lowest BCUT2D eigenvalue weighted by Gasteiger charge is -2.34. The minimum absolute atomic E-state index is 0.110.